The topological polar surface area (TPSA) is 27.8 Å². The maximum absolute atomic E-state index is 13.2. The van der Waals surface area contributed by atoms with E-state index in [1.165, 1.54) is 23.4 Å². The molecule has 1 aliphatic heterocycles. The number of aromatic nitrogens is 1. The monoisotopic (exact) mass is 328 g/mol. The first-order valence-electron chi connectivity index (χ1n) is 7.98. The Morgan fingerprint density at radius 2 is 1.96 bits per heavy atom. The van der Waals surface area contributed by atoms with Crippen LogP contribution in [-0.4, -0.2) is 11.0 Å². The van der Waals surface area contributed by atoms with Crippen LogP contribution < -0.4 is 5.32 Å². The first kappa shape index (κ1) is 14.7. The molecule has 0 fully saturated rings. The molecule has 4 rings (SSSR count). The Bertz CT molecular complexity index is 867. The van der Waals surface area contributed by atoms with Crippen LogP contribution in [-0.2, 0) is 13.0 Å². The lowest BCUT2D eigenvalue weighted by Gasteiger charge is -2.23. The summed E-state index contributed by atoms with van der Waals surface area (Å²) in [5.74, 6) is -0.220. The molecule has 0 saturated carbocycles. The van der Waals surface area contributed by atoms with Crippen molar-refractivity contribution < 1.29 is 4.39 Å². The predicted molar refractivity (Wildman–Crippen MR) is 93.3 cm³/mol. The summed E-state index contributed by atoms with van der Waals surface area (Å²) in [7, 11) is 0. The summed E-state index contributed by atoms with van der Waals surface area (Å²) in [5, 5.41) is 5.47. The second-order valence-corrected chi connectivity index (χ2v) is 6.53. The molecule has 3 aromatic rings. The molecule has 2 aromatic carbocycles. The van der Waals surface area contributed by atoms with Gasteiger partial charge in [-0.3, -0.25) is 0 Å². The molecule has 2 heterocycles. The van der Waals surface area contributed by atoms with E-state index in [1.54, 1.807) is 0 Å². The average Bonchev–Trinajstić information content (AvgIpc) is 2.96. The first-order valence-corrected chi connectivity index (χ1v) is 8.36. The van der Waals surface area contributed by atoms with Crippen LogP contribution >= 0.6 is 11.6 Å². The molecule has 1 aliphatic rings. The van der Waals surface area contributed by atoms with Crippen LogP contribution in [0, 0.1) is 5.82 Å². The maximum atomic E-state index is 13.2. The number of aromatic amines is 1. The summed E-state index contributed by atoms with van der Waals surface area (Å²) in [6.07, 6.45) is 2.09. The van der Waals surface area contributed by atoms with E-state index in [1.807, 2.05) is 24.3 Å². The third-order valence-corrected chi connectivity index (χ3v) is 5.08. The highest BCUT2D eigenvalue weighted by Crippen LogP contribution is 2.38. The fraction of sp³-hybridized carbons (Fsp3) is 0.263. The van der Waals surface area contributed by atoms with Crippen LogP contribution in [0.4, 0.5) is 4.39 Å². The lowest BCUT2D eigenvalue weighted by Crippen LogP contribution is -2.34. The lowest BCUT2D eigenvalue weighted by atomic mass is 9.94. The van der Waals surface area contributed by atoms with Crippen LogP contribution in [0.15, 0.2) is 36.4 Å². The van der Waals surface area contributed by atoms with Crippen LogP contribution in [0.25, 0.3) is 22.0 Å². The van der Waals surface area contributed by atoms with Gasteiger partial charge >= 0.3 is 0 Å². The zero-order valence-corrected chi connectivity index (χ0v) is 13.7. The summed E-state index contributed by atoms with van der Waals surface area (Å²) in [5.41, 5.74) is 5.64. The highest BCUT2D eigenvalue weighted by molar-refractivity contribution is 6.35. The Kier molecular flexibility index (Phi) is 3.63. The van der Waals surface area contributed by atoms with E-state index >= 15 is 0 Å². The number of fused-ring (bicyclic) bond motifs is 3. The molecule has 118 valence electrons. The number of H-pyrrole nitrogens is 1. The van der Waals surface area contributed by atoms with Gasteiger partial charge in [-0.15, -0.1) is 0 Å². The van der Waals surface area contributed by atoms with Gasteiger partial charge in [0.2, 0.25) is 0 Å². The number of hydrogen-bond acceptors (Lipinski definition) is 1. The Morgan fingerprint density at radius 3 is 2.70 bits per heavy atom. The van der Waals surface area contributed by atoms with Gasteiger partial charge in [0.1, 0.15) is 5.82 Å². The number of hydrogen-bond donors (Lipinski definition) is 2. The van der Waals surface area contributed by atoms with Gasteiger partial charge in [-0.05, 0) is 41.3 Å². The van der Waals surface area contributed by atoms with Crippen molar-refractivity contribution in [1.82, 2.24) is 10.3 Å². The molecule has 0 saturated heterocycles. The number of rotatable bonds is 2. The van der Waals surface area contributed by atoms with Crippen molar-refractivity contribution >= 4 is 22.5 Å². The molecule has 1 aromatic heterocycles. The first-order chi connectivity index (χ1) is 11.2. The normalized spacial score (nSPS) is 17.4. The molecule has 4 heteroatoms. The van der Waals surface area contributed by atoms with E-state index in [-0.39, 0.29) is 5.82 Å². The third kappa shape index (κ3) is 2.44. The highest BCUT2D eigenvalue weighted by Gasteiger charge is 2.23. The van der Waals surface area contributed by atoms with Gasteiger partial charge in [0.05, 0.1) is 10.5 Å². The van der Waals surface area contributed by atoms with Crippen LogP contribution in [0.5, 0.6) is 0 Å². The fourth-order valence-corrected chi connectivity index (χ4v) is 3.69. The Labute approximate surface area is 139 Å². The number of benzene rings is 2. The molecule has 0 amide bonds. The van der Waals surface area contributed by atoms with Gasteiger partial charge in [0, 0.05) is 30.1 Å². The number of nitrogens with one attached hydrogen (secondary N) is 2. The van der Waals surface area contributed by atoms with Gasteiger partial charge in [-0.25, -0.2) is 4.39 Å². The van der Waals surface area contributed by atoms with Gasteiger partial charge in [0.15, 0.2) is 0 Å². The van der Waals surface area contributed by atoms with Gasteiger partial charge in [0.25, 0.3) is 0 Å². The summed E-state index contributed by atoms with van der Waals surface area (Å²) in [6.45, 7) is 3.03. The summed E-state index contributed by atoms with van der Waals surface area (Å²) < 4.78 is 13.2. The van der Waals surface area contributed by atoms with Crippen LogP contribution in [0.2, 0.25) is 5.02 Å². The fourth-order valence-electron chi connectivity index (χ4n) is 3.48. The summed E-state index contributed by atoms with van der Waals surface area (Å²) in [4.78, 5) is 3.52. The zero-order valence-electron chi connectivity index (χ0n) is 12.9. The number of halogens is 2. The van der Waals surface area contributed by atoms with Crippen molar-refractivity contribution in [2.45, 2.75) is 32.4 Å². The van der Waals surface area contributed by atoms with Gasteiger partial charge in [-0.1, -0.05) is 36.7 Å². The predicted octanol–water partition coefficient (Wildman–Crippen LogP) is 5.05. The van der Waals surface area contributed by atoms with E-state index in [0.717, 1.165) is 46.4 Å². The Morgan fingerprint density at radius 1 is 1.17 bits per heavy atom. The average molecular weight is 329 g/mol. The minimum absolute atomic E-state index is 0.220. The zero-order chi connectivity index (χ0) is 16.0. The van der Waals surface area contributed by atoms with Crippen molar-refractivity contribution in [1.29, 1.82) is 0 Å². The minimum atomic E-state index is -0.220. The van der Waals surface area contributed by atoms with Crippen LogP contribution in [0.1, 0.15) is 24.6 Å². The molecule has 1 unspecified atom stereocenters. The summed E-state index contributed by atoms with van der Waals surface area (Å²) >= 11 is 6.42. The van der Waals surface area contributed by atoms with Crippen molar-refractivity contribution in [2.75, 3.05) is 0 Å². The van der Waals surface area contributed by atoms with Crippen molar-refractivity contribution in [3.8, 4) is 11.1 Å². The molecule has 0 spiro atoms. The molecule has 1 atom stereocenters. The van der Waals surface area contributed by atoms with Gasteiger partial charge < -0.3 is 10.3 Å². The highest BCUT2D eigenvalue weighted by atomic mass is 35.5. The van der Waals surface area contributed by atoms with E-state index in [4.69, 9.17) is 11.6 Å². The largest absolute Gasteiger partial charge is 0.357 e. The molecule has 0 radical (unpaired) electrons. The Balaban J connectivity index is 1.94. The second-order valence-electron chi connectivity index (χ2n) is 6.12. The van der Waals surface area contributed by atoms with Crippen molar-refractivity contribution in [3.05, 3.63) is 58.5 Å². The van der Waals surface area contributed by atoms with Crippen molar-refractivity contribution in [2.24, 2.45) is 0 Å². The maximum Gasteiger partial charge on any atom is 0.123 e. The minimum Gasteiger partial charge on any atom is -0.357 e. The van der Waals surface area contributed by atoms with Crippen LogP contribution in [0.3, 0.4) is 0 Å². The Hall–Kier alpha value is -1.84. The molecule has 2 nitrogen and oxygen atoms in total. The van der Waals surface area contributed by atoms with E-state index in [0.29, 0.717) is 6.04 Å². The molecule has 2 N–H and O–H groups in total. The third-order valence-electron chi connectivity index (χ3n) is 4.76. The molecule has 23 heavy (non-hydrogen) atoms. The van der Waals surface area contributed by atoms with E-state index < -0.39 is 0 Å². The SMILES string of the molecule is CCC1Cc2[nH]c3c(Cl)ccc(-c4ccc(F)cc4)c3c2CN1. The molecule has 0 bridgehead atoms. The standard InChI is InChI=1S/C19H18ClFN2/c1-2-13-9-17-15(10-22-13)18-14(7-8-16(20)19(18)23-17)11-3-5-12(21)6-4-11/h3-8,13,22-23H,2,9-10H2,1H3. The second kappa shape index (κ2) is 5.66. The van der Waals surface area contributed by atoms with E-state index in [2.05, 4.69) is 17.2 Å². The lowest BCUT2D eigenvalue weighted by molar-refractivity contribution is 0.465. The van der Waals surface area contributed by atoms with Crippen molar-refractivity contribution in [3.63, 3.8) is 0 Å². The quantitative estimate of drug-likeness (QED) is 0.676. The smallest absolute Gasteiger partial charge is 0.123 e. The molecular formula is C19H18ClFN2. The van der Waals surface area contributed by atoms with Gasteiger partial charge in [-0.2, -0.15) is 0 Å². The summed E-state index contributed by atoms with van der Waals surface area (Å²) in [6, 6.07) is 11.1. The molecule has 0 aliphatic carbocycles. The molecular weight excluding hydrogens is 311 g/mol. The van der Waals surface area contributed by atoms with E-state index in [9.17, 15) is 4.39 Å².